The van der Waals surface area contributed by atoms with Gasteiger partial charge in [-0.05, 0) is 17.4 Å². The number of nitrogens with one attached hydrogen (secondary N) is 1. The molecule has 96 valence electrons. The lowest BCUT2D eigenvalue weighted by molar-refractivity contribution is -0.142. The molecule has 0 aliphatic carbocycles. The van der Waals surface area contributed by atoms with Crippen LogP contribution in [0.2, 0.25) is 0 Å². The van der Waals surface area contributed by atoms with Gasteiger partial charge in [0, 0.05) is 0 Å². The van der Waals surface area contributed by atoms with E-state index in [4.69, 9.17) is 4.74 Å². The molecule has 2 heterocycles. The fourth-order valence-electron chi connectivity index (χ4n) is 1.68. The van der Waals surface area contributed by atoms with Crippen molar-refractivity contribution in [2.24, 2.45) is 5.92 Å². The van der Waals surface area contributed by atoms with Crippen LogP contribution >= 0.6 is 11.3 Å². The van der Waals surface area contributed by atoms with Crippen LogP contribution in [0.5, 0.6) is 0 Å². The number of fused-ring (bicyclic) bond motifs is 1. The Hall–Kier alpha value is -1.69. The Kier molecular flexibility index (Phi) is 3.76. The van der Waals surface area contributed by atoms with Gasteiger partial charge in [-0.15, -0.1) is 11.3 Å². The molecule has 2 aromatic heterocycles. The number of ether oxygens (including phenoxy) is 1. The van der Waals surface area contributed by atoms with Gasteiger partial charge < -0.3 is 10.1 Å². The van der Waals surface area contributed by atoms with Crippen molar-refractivity contribution < 1.29 is 9.53 Å². The quantitative estimate of drug-likeness (QED) is 0.859. The van der Waals surface area contributed by atoms with Crippen LogP contribution in [-0.2, 0) is 9.53 Å². The first-order valence-electron chi connectivity index (χ1n) is 5.66. The predicted octanol–water partition coefficient (Wildman–Crippen LogP) is 2.30. The van der Waals surface area contributed by atoms with E-state index in [0.717, 1.165) is 10.2 Å². The Morgan fingerprint density at radius 1 is 1.44 bits per heavy atom. The third-order valence-corrected chi connectivity index (χ3v) is 3.50. The SMILES string of the molecule is COC(=O)C(Nc1ncnc2sccc12)C(C)C. The summed E-state index contributed by atoms with van der Waals surface area (Å²) in [5.74, 6) is 0.499. The number of carbonyl (C=O) groups is 1. The molecule has 0 aliphatic rings. The van der Waals surface area contributed by atoms with Gasteiger partial charge in [0.1, 0.15) is 23.0 Å². The van der Waals surface area contributed by atoms with E-state index in [2.05, 4.69) is 15.3 Å². The first-order chi connectivity index (χ1) is 8.63. The maximum atomic E-state index is 11.7. The van der Waals surface area contributed by atoms with Crippen LogP contribution < -0.4 is 5.32 Å². The summed E-state index contributed by atoms with van der Waals surface area (Å²) in [6, 6.07) is 1.53. The summed E-state index contributed by atoms with van der Waals surface area (Å²) in [7, 11) is 1.39. The van der Waals surface area contributed by atoms with E-state index >= 15 is 0 Å². The van der Waals surface area contributed by atoms with E-state index in [-0.39, 0.29) is 11.9 Å². The summed E-state index contributed by atoms with van der Waals surface area (Å²) >= 11 is 1.54. The second kappa shape index (κ2) is 5.30. The van der Waals surface area contributed by atoms with Crippen LogP contribution in [0.25, 0.3) is 10.2 Å². The predicted molar refractivity (Wildman–Crippen MR) is 71.7 cm³/mol. The lowest BCUT2D eigenvalue weighted by Gasteiger charge is -2.20. The number of hydrogen-bond acceptors (Lipinski definition) is 6. The standard InChI is InChI=1S/C12H15N3O2S/c1-7(2)9(12(16)17-3)15-10-8-4-5-18-11(8)14-6-13-10/h4-7,9H,1-3H3,(H,13,14,15). The molecule has 0 radical (unpaired) electrons. The zero-order valence-corrected chi connectivity index (χ0v) is 11.3. The molecule has 2 rings (SSSR count). The van der Waals surface area contributed by atoms with Gasteiger partial charge in [-0.25, -0.2) is 14.8 Å². The van der Waals surface area contributed by atoms with Crippen molar-refractivity contribution in [1.82, 2.24) is 9.97 Å². The van der Waals surface area contributed by atoms with Crippen molar-refractivity contribution in [1.29, 1.82) is 0 Å². The summed E-state index contributed by atoms with van der Waals surface area (Å²) in [6.45, 7) is 3.92. The largest absolute Gasteiger partial charge is 0.467 e. The molecule has 0 bridgehead atoms. The molecule has 1 unspecified atom stereocenters. The summed E-state index contributed by atoms with van der Waals surface area (Å²) in [4.78, 5) is 21.0. The van der Waals surface area contributed by atoms with Gasteiger partial charge in [0.2, 0.25) is 0 Å². The molecule has 0 saturated heterocycles. The summed E-state index contributed by atoms with van der Waals surface area (Å²) in [5, 5.41) is 6.02. The minimum Gasteiger partial charge on any atom is -0.467 e. The van der Waals surface area contributed by atoms with Crippen LogP contribution in [0.3, 0.4) is 0 Å². The Labute approximate surface area is 109 Å². The number of anilines is 1. The minimum absolute atomic E-state index is 0.112. The van der Waals surface area contributed by atoms with Crippen LogP contribution in [0, 0.1) is 5.92 Å². The number of rotatable bonds is 4. The molecule has 2 aromatic rings. The normalized spacial score (nSPS) is 12.7. The number of hydrogen-bond donors (Lipinski definition) is 1. The van der Waals surface area contributed by atoms with E-state index in [1.165, 1.54) is 13.4 Å². The fourth-order valence-corrected chi connectivity index (χ4v) is 2.41. The zero-order chi connectivity index (χ0) is 13.1. The Balaban J connectivity index is 2.31. The smallest absolute Gasteiger partial charge is 0.328 e. The highest BCUT2D eigenvalue weighted by atomic mass is 32.1. The van der Waals surface area contributed by atoms with Crippen molar-refractivity contribution >= 4 is 33.3 Å². The van der Waals surface area contributed by atoms with Gasteiger partial charge in [0.25, 0.3) is 0 Å². The van der Waals surface area contributed by atoms with Crippen molar-refractivity contribution in [2.45, 2.75) is 19.9 Å². The Bertz CT molecular complexity index is 553. The lowest BCUT2D eigenvalue weighted by atomic mass is 10.0. The summed E-state index contributed by atoms with van der Waals surface area (Å²) < 4.78 is 4.80. The molecule has 0 fully saturated rings. The molecular formula is C12H15N3O2S. The fraction of sp³-hybridized carbons (Fsp3) is 0.417. The van der Waals surface area contributed by atoms with Crippen molar-refractivity contribution in [3.63, 3.8) is 0 Å². The molecule has 1 atom stereocenters. The molecule has 18 heavy (non-hydrogen) atoms. The van der Waals surface area contributed by atoms with Crippen LogP contribution in [-0.4, -0.2) is 29.1 Å². The minimum atomic E-state index is -0.409. The number of carbonyl (C=O) groups excluding carboxylic acids is 1. The highest BCUT2D eigenvalue weighted by Gasteiger charge is 2.24. The van der Waals surface area contributed by atoms with Crippen molar-refractivity contribution in [2.75, 3.05) is 12.4 Å². The number of aromatic nitrogens is 2. The molecule has 0 aliphatic heterocycles. The van der Waals surface area contributed by atoms with Gasteiger partial charge in [0.05, 0.1) is 12.5 Å². The van der Waals surface area contributed by atoms with Crippen molar-refractivity contribution in [3.8, 4) is 0 Å². The lowest BCUT2D eigenvalue weighted by Crippen LogP contribution is -2.35. The van der Waals surface area contributed by atoms with E-state index in [1.54, 1.807) is 11.3 Å². The summed E-state index contributed by atoms with van der Waals surface area (Å²) in [6.07, 6.45) is 1.50. The van der Waals surface area contributed by atoms with Crippen LogP contribution in [0.1, 0.15) is 13.8 Å². The third kappa shape index (κ3) is 2.43. The second-order valence-corrected chi connectivity index (χ2v) is 5.15. The first-order valence-corrected chi connectivity index (χ1v) is 6.54. The van der Waals surface area contributed by atoms with Crippen LogP contribution in [0.4, 0.5) is 5.82 Å². The van der Waals surface area contributed by atoms with E-state index < -0.39 is 6.04 Å². The van der Waals surface area contributed by atoms with Gasteiger partial charge >= 0.3 is 5.97 Å². The second-order valence-electron chi connectivity index (χ2n) is 4.25. The molecule has 0 aromatic carbocycles. The summed E-state index contributed by atoms with van der Waals surface area (Å²) in [5.41, 5.74) is 0. The molecule has 1 N–H and O–H groups in total. The third-order valence-electron chi connectivity index (χ3n) is 2.68. The zero-order valence-electron chi connectivity index (χ0n) is 10.5. The number of methoxy groups -OCH3 is 1. The highest BCUT2D eigenvalue weighted by molar-refractivity contribution is 7.16. The molecule has 0 spiro atoms. The maximum absolute atomic E-state index is 11.7. The average molecular weight is 265 g/mol. The average Bonchev–Trinajstić information content (AvgIpc) is 2.83. The van der Waals surface area contributed by atoms with E-state index in [1.807, 2.05) is 25.3 Å². The van der Waals surface area contributed by atoms with Gasteiger partial charge in [0.15, 0.2) is 0 Å². The van der Waals surface area contributed by atoms with Crippen molar-refractivity contribution in [3.05, 3.63) is 17.8 Å². The topological polar surface area (TPSA) is 64.1 Å². The van der Waals surface area contributed by atoms with Gasteiger partial charge in [-0.2, -0.15) is 0 Å². The van der Waals surface area contributed by atoms with Crippen LogP contribution in [0.15, 0.2) is 17.8 Å². The maximum Gasteiger partial charge on any atom is 0.328 e. The molecule has 5 nitrogen and oxygen atoms in total. The Morgan fingerprint density at radius 3 is 2.89 bits per heavy atom. The highest BCUT2D eigenvalue weighted by Crippen LogP contribution is 2.25. The monoisotopic (exact) mass is 265 g/mol. The number of esters is 1. The first kappa shape index (κ1) is 12.8. The molecular weight excluding hydrogens is 250 g/mol. The van der Waals surface area contributed by atoms with Gasteiger partial charge in [-0.1, -0.05) is 13.8 Å². The van der Waals surface area contributed by atoms with E-state index in [0.29, 0.717) is 5.82 Å². The number of thiophene rings is 1. The number of nitrogens with zero attached hydrogens (tertiary/aromatic N) is 2. The Morgan fingerprint density at radius 2 is 2.22 bits per heavy atom. The molecule has 6 heteroatoms. The van der Waals surface area contributed by atoms with Gasteiger partial charge in [-0.3, -0.25) is 0 Å². The van der Waals surface area contributed by atoms with E-state index in [9.17, 15) is 4.79 Å². The molecule has 0 amide bonds. The molecule has 0 saturated carbocycles.